The summed E-state index contributed by atoms with van der Waals surface area (Å²) in [6.45, 7) is 2.63. The number of hydrogen-bond donors (Lipinski definition) is 1. The van der Waals surface area contributed by atoms with Crippen molar-refractivity contribution in [3.8, 4) is 5.75 Å². The van der Waals surface area contributed by atoms with Crippen molar-refractivity contribution in [3.63, 3.8) is 0 Å². The molecule has 3 aromatic carbocycles. The predicted octanol–water partition coefficient (Wildman–Crippen LogP) is 5.10. The minimum absolute atomic E-state index is 0.0822. The molecule has 5 rings (SSSR count). The highest BCUT2D eigenvalue weighted by Gasteiger charge is 2.35. The summed E-state index contributed by atoms with van der Waals surface area (Å²) in [5.74, 6) is 0.699. The number of aliphatic hydroxyl groups excluding tert-OH is 1. The molecular weight excluding hydrogens is 469 g/mol. The van der Waals surface area contributed by atoms with Crippen molar-refractivity contribution < 1.29 is 19.0 Å². The van der Waals surface area contributed by atoms with Crippen molar-refractivity contribution in [1.29, 1.82) is 0 Å². The Bertz CT molecular complexity index is 1390. The first kappa shape index (κ1) is 23.3. The van der Waals surface area contributed by atoms with Crippen LogP contribution in [0.1, 0.15) is 23.7 Å². The second-order valence-corrected chi connectivity index (χ2v) is 9.24. The number of ether oxygens (including phenoxy) is 1. The van der Waals surface area contributed by atoms with Crippen molar-refractivity contribution in [2.75, 3.05) is 18.1 Å². The van der Waals surface area contributed by atoms with Crippen LogP contribution in [0, 0.1) is 12.7 Å². The maximum atomic E-state index is 13.8. The van der Waals surface area contributed by atoms with Crippen LogP contribution in [-0.2, 0) is 11.3 Å². The number of carbonyl (C=O) groups excluding carboxylic acids is 1. The van der Waals surface area contributed by atoms with Gasteiger partial charge in [-0.05, 0) is 61.0 Å². The molecule has 1 N–H and O–H groups in total. The van der Waals surface area contributed by atoms with Crippen molar-refractivity contribution in [3.05, 3.63) is 89.0 Å². The molecular formula is C27H25ClFN3O3. The number of para-hydroxylation sites is 2. The van der Waals surface area contributed by atoms with Gasteiger partial charge in [0.2, 0.25) is 5.91 Å². The molecule has 0 radical (unpaired) electrons. The van der Waals surface area contributed by atoms with Crippen LogP contribution in [0.3, 0.4) is 0 Å². The molecule has 1 fully saturated rings. The number of fused-ring (bicyclic) bond motifs is 1. The van der Waals surface area contributed by atoms with E-state index < -0.39 is 6.10 Å². The molecule has 1 aromatic heterocycles. The second-order valence-electron chi connectivity index (χ2n) is 8.83. The van der Waals surface area contributed by atoms with E-state index in [2.05, 4.69) is 0 Å². The molecule has 1 amide bonds. The fourth-order valence-electron chi connectivity index (χ4n) is 4.53. The Labute approximate surface area is 207 Å². The van der Waals surface area contributed by atoms with Gasteiger partial charge in [0, 0.05) is 29.6 Å². The molecule has 6 nitrogen and oxygen atoms in total. The van der Waals surface area contributed by atoms with E-state index in [9.17, 15) is 14.3 Å². The zero-order chi connectivity index (χ0) is 24.5. The van der Waals surface area contributed by atoms with E-state index in [0.717, 1.165) is 22.4 Å². The molecule has 35 heavy (non-hydrogen) atoms. The van der Waals surface area contributed by atoms with Crippen LogP contribution in [0.15, 0.2) is 66.7 Å². The van der Waals surface area contributed by atoms with E-state index in [0.29, 0.717) is 23.0 Å². The number of aryl methyl sites for hydroxylation is 1. The van der Waals surface area contributed by atoms with Gasteiger partial charge in [0.1, 0.15) is 30.1 Å². The fraction of sp³-hybridized carbons (Fsp3) is 0.259. The van der Waals surface area contributed by atoms with Gasteiger partial charge in [-0.15, -0.1) is 0 Å². The van der Waals surface area contributed by atoms with Crippen LogP contribution in [0.4, 0.5) is 10.1 Å². The highest BCUT2D eigenvalue weighted by Crippen LogP contribution is 2.33. The maximum absolute atomic E-state index is 13.8. The lowest BCUT2D eigenvalue weighted by atomic mass is 10.1. The zero-order valence-corrected chi connectivity index (χ0v) is 20.0. The summed E-state index contributed by atoms with van der Waals surface area (Å²) < 4.78 is 21.5. The largest absolute Gasteiger partial charge is 0.491 e. The minimum atomic E-state index is -0.807. The summed E-state index contributed by atoms with van der Waals surface area (Å²) in [4.78, 5) is 19.2. The molecule has 0 spiro atoms. The Morgan fingerprint density at radius 1 is 1.17 bits per heavy atom. The maximum Gasteiger partial charge on any atom is 0.227 e. The lowest BCUT2D eigenvalue weighted by Crippen LogP contribution is -2.26. The van der Waals surface area contributed by atoms with Crippen LogP contribution < -0.4 is 9.64 Å². The number of benzene rings is 3. The van der Waals surface area contributed by atoms with Gasteiger partial charge in [0.05, 0.1) is 17.6 Å². The van der Waals surface area contributed by atoms with Crippen LogP contribution >= 0.6 is 11.6 Å². The summed E-state index contributed by atoms with van der Waals surface area (Å²) >= 11 is 6.08. The first-order valence-corrected chi connectivity index (χ1v) is 11.8. The van der Waals surface area contributed by atoms with Gasteiger partial charge in [-0.25, -0.2) is 9.37 Å². The molecule has 8 heteroatoms. The van der Waals surface area contributed by atoms with Crippen LogP contribution in [-0.4, -0.2) is 39.8 Å². The first-order valence-electron chi connectivity index (χ1n) is 11.5. The van der Waals surface area contributed by atoms with Crippen molar-refractivity contribution in [2.45, 2.75) is 31.9 Å². The van der Waals surface area contributed by atoms with Gasteiger partial charge in [-0.1, -0.05) is 29.8 Å². The quantitative estimate of drug-likeness (QED) is 0.389. The number of aliphatic hydroxyl groups is 1. The summed E-state index contributed by atoms with van der Waals surface area (Å²) in [5.41, 5.74) is 3.10. The SMILES string of the molecule is Cc1cc(OC[C@H](O)Cn2c([C@@H]3CC(=O)N(c4cccc(F)c4)C3)nc3ccccc32)ccc1Cl. The molecule has 180 valence electrons. The van der Waals surface area contributed by atoms with Crippen molar-refractivity contribution in [2.24, 2.45) is 0 Å². The number of amides is 1. The molecule has 1 aliphatic rings. The number of imidazole rings is 1. The normalized spacial score (nSPS) is 16.7. The Hall–Kier alpha value is -3.42. The molecule has 1 aliphatic heterocycles. The Balaban J connectivity index is 1.37. The average Bonchev–Trinajstić information content (AvgIpc) is 3.40. The van der Waals surface area contributed by atoms with Crippen molar-refractivity contribution >= 4 is 34.2 Å². The zero-order valence-electron chi connectivity index (χ0n) is 19.2. The van der Waals surface area contributed by atoms with E-state index in [1.54, 1.807) is 29.2 Å². The number of halogens is 2. The molecule has 2 atom stereocenters. The molecule has 0 saturated carbocycles. The number of aromatic nitrogens is 2. The van der Waals surface area contributed by atoms with Gasteiger partial charge in [-0.3, -0.25) is 4.79 Å². The number of nitrogens with zero attached hydrogens (tertiary/aromatic N) is 3. The Kier molecular flexibility index (Phi) is 6.45. The van der Waals surface area contributed by atoms with Gasteiger partial charge >= 0.3 is 0 Å². The molecule has 2 heterocycles. The van der Waals surface area contributed by atoms with Crippen LogP contribution in [0.5, 0.6) is 5.75 Å². The smallest absolute Gasteiger partial charge is 0.227 e. The first-order chi connectivity index (χ1) is 16.9. The minimum Gasteiger partial charge on any atom is -0.491 e. The average molecular weight is 494 g/mol. The van der Waals surface area contributed by atoms with E-state index in [1.807, 2.05) is 41.8 Å². The number of rotatable bonds is 7. The van der Waals surface area contributed by atoms with E-state index in [1.165, 1.54) is 12.1 Å². The Morgan fingerprint density at radius 3 is 2.80 bits per heavy atom. The Morgan fingerprint density at radius 2 is 2.00 bits per heavy atom. The third-order valence-corrected chi connectivity index (χ3v) is 6.68. The standard InChI is InChI=1S/C27H25ClFN3O3/c1-17-11-22(9-10-23(17)28)35-16-21(33)15-32-25-8-3-2-7-24(25)30-27(32)18-12-26(34)31(14-18)20-6-4-5-19(29)13-20/h2-11,13,18,21,33H,12,14-16H2,1H3/t18-,21-/m1/s1. The number of carbonyl (C=O) groups is 1. The third kappa shape index (κ3) is 4.88. The summed E-state index contributed by atoms with van der Waals surface area (Å²) in [6.07, 6.45) is -0.546. The molecule has 0 aliphatic carbocycles. The highest BCUT2D eigenvalue weighted by atomic mass is 35.5. The molecule has 0 bridgehead atoms. The second kappa shape index (κ2) is 9.68. The van der Waals surface area contributed by atoms with E-state index in [4.69, 9.17) is 21.3 Å². The molecule has 0 unspecified atom stereocenters. The topological polar surface area (TPSA) is 67.6 Å². The van der Waals surface area contributed by atoms with Crippen LogP contribution in [0.25, 0.3) is 11.0 Å². The number of anilines is 1. The van der Waals surface area contributed by atoms with Gasteiger partial charge < -0.3 is 19.3 Å². The monoisotopic (exact) mass is 493 g/mol. The number of hydrogen-bond acceptors (Lipinski definition) is 4. The van der Waals surface area contributed by atoms with Gasteiger partial charge in [-0.2, -0.15) is 0 Å². The fourth-order valence-corrected chi connectivity index (χ4v) is 4.65. The molecule has 4 aromatic rings. The van der Waals surface area contributed by atoms with Gasteiger partial charge in [0.15, 0.2) is 0 Å². The van der Waals surface area contributed by atoms with Crippen LogP contribution in [0.2, 0.25) is 5.02 Å². The highest BCUT2D eigenvalue weighted by molar-refractivity contribution is 6.31. The summed E-state index contributed by atoms with van der Waals surface area (Å²) in [5, 5.41) is 11.5. The summed E-state index contributed by atoms with van der Waals surface area (Å²) in [6, 6.07) is 19.1. The van der Waals surface area contributed by atoms with E-state index >= 15 is 0 Å². The molecule has 1 saturated heterocycles. The lowest BCUT2D eigenvalue weighted by molar-refractivity contribution is -0.117. The van der Waals surface area contributed by atoms with E-state index in [-0.39, 0.29) is 37.2 Å². The van der Waals surface area contributed by atoms with Gasteiger partial charge in [0.25, 0.3) is 0 Å². The van der Waals surface area contributed by atoms with Crippen molar-refractivity contribution in [1.82, 2.24) is 9.55 Å². The lowest BCUT2D eigenvalue weighted by Gasteiger charge is -2.19. The third-order valence-electron chi connectivity index (χ3n) is 6.26. The summed E-state index contributed by atoms with van der Waals surface area (Å²) in [7, 11) is 0. The predicted molar refractivity (Wildman–Crippen MR) is 134 cm³/mol.